The fourth-order valence-electron chi connectivity index (χ4n) is 2.83. The van der Waals surface area contributed by atoms with Gasteiger partial charge in [-0.05, 0) is 32.1 Å². The van der Waals surface area contributed by atoms with Crippen LogP contribution in [-0.4, -0.2) is 37.5 Å². The largest absolute Gasteiger partial charge is 0.338 e. The molecule has 2 atom stereocenters. The maximum atomic E-state index is 5.42. The fourth-order valence-corrected chi connectivity index (χ4v) is 3.58. The third kappa shape index (κ3) is 3.29. The van der Waals surface area contributed by atoms with E-state index in [0.29, 0.717) is 18.5 Å². The van der Waals surface area contributed by atoms with E-state index in [1.54, 1.807) is 0 Å². The number of hydrogen-bond acceptors (Lipinski definition) is 6. The predicted molar refractivity (Wildman–Crippen MR) is 81.8 cm³/mol. The summed E-state index contributed by atoms with van der Waals surface area (Å²) >= 11 is 1.83. The molecule has 1 saturated heterocycles. The van der Waals surface area contributed by atoms with E-state index in [9.17, 15) is 0 Å². The number of likely N-dealkylation sites (tertiary alicyclic amines) is 1. The Bertz CT molecular complexity index is 555. The third-order valence-corrected chi connectivity index (χ3v) is 4.91. The van der Waals surface area contributed by atoms with Crippen LogP contribution in [0.5, 0.6) is 0 Å². The Hall–Kier alpha value is -1.34. The van der Waals surface area contributed by atoms with Crippen molar-refractivity contribution < 1.29 is 4.52 Å². The lowest BCUT2D eigenvalue weighted by Crippen LogP contribution is -2.22. The normalized spacial score (nSPS) is 21.0. The van der Waals surface area contributed by atoms with Crippen LogP contribution in [-0.2, 0) is 6.54 Å². The Kier molecular flexibility index (Phi) is 4.60. The van der Waals surface area contributed by atoms with Gasteiger partial charge in [-0.25, -0.2) is 0 Å². The second-order valence-electron chi connectivity index (χ2n) is 5.30. The first-order chi connectivity index (χ1) is 10.3. The molecule has 0 bridgehead atoms. The molecule has 0 spiro atoms. The summed E-state index contributed by atoms with van der Waals surface area (Å²) in [6, 6.07) is 0.404. The molecule has 0 amide bonds. The molecule has 0 aliphatic carbocycles. The Labute approximate surface area is 128 Å². The van der Waals surface area contributed by atoms with E-state index in [1.807, 2.05) is 24.2 Å². The Morgan fingerprint density at radius 1 is 1.57 bits per heavy atom. The number of H-pyrrole nitrogens is 1. The highest BCUT2D eigenvalue weighted by atomic mass is 32.2. The van der Waals surface area contributed by atoms with Crippen LogP contribution in [0.3, 0.4) is 0 Å². The van der Waals surface area contributed by atoms with Crippen molar-refractivity contribution in [3.8, 4) is 0 Å². The van der Waals surface area contributed by atoms with Gasteiger partial charge in [0.1, 0.15) is 0 Å². The monoisotopic (exact) mass is 307 g/mol. The molecule has 0 radical (unpaired) electrons. The van der Waals surface area contributed by atoms with Gasteiger partial charge in [-0.15, -0.1) is 0 Å². The minimum absolute atomic E-state index is 0.288. The highest BCUT2D eigenvalue weighted by molar-refractivity contribution is 7.99. The van der Waals surface area contributed by atoms with Crippen LogP contribution < -0.4 is 0 Å². The Balaban J connectivity index is 1.66. The summed E-state index contributed by atoms with van der Waals surface area (Å²) in [4.78, 5) is 6.93. The first-order valence-electron chi connectivity index (χ1n) is 7.44. The fraction of sp³-hybridized carbons (Fsp3) is 0.643. The van der Waals surface area contributed by atoms with E-state index >= 15 is 0 Å². The van der Waals surface area contributed by atoms with Gasteiger partial charge < -0.3 is 4.52 Å². The van der Waals surface area contributed by atoms with Crippen molar-refractivity contribution in [1.82, 2.24) is 25.2 Å². The Morgan fingerprint density at radius 2 is 2.48 bits per heavy atom. The second-order valence-corrected chi connectivity index (χ2v) is 6.92. The lowest BCUT2D eigenvalue weighted by atomic mass is 10.1. The van der Waals surface area contributed by atoms with E-state index in [2.05, 4.69) is 39.1 Å². The number of rotatable bonds is 6. The number of aromatic nitrogens is 4. The molecule has 2 aromatic rings. The Morgan fingerprint density at radius 3 is 3.24 bits per heavy atom. The van der Waals surface area contributed by atoms with E-state index in [1.165, 1.54) is 12.0 Å². The zero-order valence-electron chi connectivity index (χ0n) is 12.5. The van der Waals surface area contributed by atoms with Crippen molar-refractivity contribution in [2.75, 3.05) is 12.3 Å². The van der Waals surface area contributed by atoms with Crippen LogP contribution in [0.25, 0.3) is 0 Å². The molecule has 3 heterocycles. The van der Waals surface area contributed by atoms with Crippen molar-refractivity contribution in [2.45, 2.75) is 44.5 Å². The van der Waals surface area contributed by atoms with Crippen molar-refractivity contribution in [3.05, 3.63) is 29.7 Å². The van der Waals surface area contributed by atoms with Crippen molar-refractivity contribution in [3.63, 3.8) is 0 Å². The maximum Gasteiger partial charge on any atom is 0.240 e. The first kappa shape index (κ1) is 14.6. The van der Waals surface area contributed by atoms with Gasteiger partial charge in [0.15, 0.2) is 5.82 Å². The predicted octanol–water partition coefficient (Wildman–Crippen LogP) is 2.94. The van der Waals surface area contributed by atoms with Gasteiger partial charge >= 0.3 is 0 Å². The molecule has 1 aliphatic heterocycles. The average molecular weight is 307 g/mol. The summed E-state index contributed by atoms with van der Waals surface area (Å²) in [6.45, 7) is 6.04. The molecule has 0 aromatic carbocycles. The molecule has 1 fully saturated rings. The van der Waals surface area contributed by atoms with E-state index in [-0.39, 0.29) is 5.25 Å². The van der Waals surface area contributed by atoms with Crippen LogP contribution in [0, 0.1) is 0 Å². The highest BCUT2D eigenvalue weighted by Crippen LogP contribution is 2.32. The lowest BCUT2D eigenvalue weighted by molar-refractivity contribution is 0.212. The second kappa shape index (κ2) is 6.62. The van der Waals surface area contributed by atoms with Gasteiger partial charge in [-0.2, -0.15) is 21.8 Å². The average Bonchev–Trinajstić information content (AvgIpc) is 3.20. The van der Waals surface area contributed by atoms with E-state index in [0.717, 1.165) is 24.5 Å². The zero-order valence-corrected chi connectivity index (χ0v) is 13.3. The van der Waals surface area contributed by atoms with E-state index < -0.39 is 0 Å². The summed E-state index contributed by atoms with van der Waals surface area (Å²) in [7, 11) is 0. The van der Waals surface area contributed by atoms with Crippen molar-refractivity contribution in [2.24, 2.45) is 0 Å². The summed E-state index contributed by atoms with van der Waals surface area (Å²) in [5.74, 6) is 2.57. The van der Waals surface area contributed by atoms with Crippen LogP contribution in [0.2, 0.25) is 0 Å². The van der Waals surface area contributed by atoms with Crippen LogP contribution in [0.1, 0.15) is 55.3 Å². The summed E-state index contributed by atoms with van der Waals surface area (Å²) in [6.07, 6.45) is 6.23. The van der Waals surface area contributed by atoms with Gasteiger partial charge in [0.2, 0.25) is 5.89 Å². The standard InChI is InChI=1S/C14H21N5OS/c1-3-21-10(2)14-17-13(20-18-14)9-19-6-4-5-12(19)11-7-15-16-8-11/h7-8,10,12H,3-6,9H2,1-2H3,(H,15,16). The van der Waals surface area contributed by atoms with Gasteiger partial charge in [0.05, 0.1) is 18.0 Å². The molecular weight excluding hydrogens is 286 g/mol. The molecule has 6 nitrogen and oxygen atoms in total. The maximum absolute atomic E-state index is 5.42. The smallest absolute Gasteiger partial charge is 0.240 e. The van der Waals surface area contributed by atoms with Crippen LogP contribution in [0.4, 0.5) is 0 Å². The topological polar surface area (TPSA) is 70.8 Å². The molecule has 114 valence electrons. The number of aromatic amines is 1. The molecule has 0 saturated carbocycles. The first-order valence-corrected chi connectivity index (χ1v) is 8.49. The summed E-state index contributed by atoms with van der Waals surface area (Å²) in [5, 5.41) is 11.3. The lowest BCUT2D eigenvalue weighted by Gasteiger charge is -2.21. The number of thioether (sulfide) groups is 1. The molecule has 1 aliphatic rings. The molecular formula is C14H21N5OS. The van der Waals surface area contributed by atoms with Gasteiger partial charge in [-0.3, -0.25) is 10.00 Å². The molecule has 2 unspecified atom stereocenters. The van der Waals surface area contributed by atoms with Gasteiger partial charge in [-0.1, -0.05) is 12.1 Å². The van der Waals surface area contributed by atoms with Crippen molar-refractivity contribution >= 4 is 11.8 Å². The molecule has 21 heavy (non-hydrogen) atoms. The number of nitrogens with zero attached hydrogens (tertiary/aromatic N) is 4. The molecule has 7 heteroatoms. The molecule has 3 rings (SSSR count). The van der Waals surface area contributed by atoms with Crippen LogP contribution in [0.15, 0.2) is 16.9 Å². The van der Waals surface area contributed by atoms with Crippen LogP contribution >= 0.6 is 11.8 Å². The minimum Gasteiger partial charge on any atom is -0.338 e. The third-order valence-electron chi connectivity index (χ3n) is 3.87. The summed E-state index contributed by atoms with van der Waals surface area (Å²) in [5.41, 5.74) is 1.24. The number of nitrogens with one attached hydrogen (secondary N) is 1. The van der Waals surface area contributed by atoms with Gasteiger partial charge in [0.25, 0.3) is 0 Å². The molecule has 2 aromatic heterocycles. The molecule has 1 N–H and O–H groups in total. The zero-order chi connectivity index (χ0) is 14.7. The highest BCUT2D eigenvalue weighted by Gasteiger charge is 2.28. The quantitative estimate of drug-likeness (QED) is 0.884. The van der Waals surface area contributed by atoms with Gasteiger partial charge in [0, 0.05) is 17.8 Å². The van der Waals surface area contributed by atoms with E-state index in [4.69, 9.17) is 4.52 Å². The minimum atomic E-state index is 0.288. The van der Waals surface area contributed by atoms with Crippen molar-refractivity contribution in [1.29, 1.82) is 0 Å². The number of hydrogen-bond donors (Lipinski definition) is 1. The SMILES string of the molecule is CCSC(C)c1noc(CN2CCCC2c2cn[nH]c2)n1. The summed E-state index contributed by atoms with van der Waals surface area (Å²) < 4.78 is 5.42.